The predicted molar refractivity (Wildman–Crippen MR) is 103 cm³/mol. The van der Waals surface area contributed by atoms with Crippen LogP contribution in [0.3, 0.4) is 0 Å². The first-order valence-electron chi connectivity index (χ1n) is 8.12. The molecule has 0 radical (unpaired) electrons. The molecule has 6 nitrogen and oxygen atoms in total. The normalized spacial score (nSPS) is 11.3. The molecule has 3 rings (SSSR count). The van der Waals surface area contributed by atoms with Crippen molar-refractivity contribution in [3.8, 4) is 11.5 Å². The Balaban J connectivity index is 1.63. The standard InChI is InChI=1S/C20H19N3O3/c1-13(16-10-9-15(24)11-19(16)25)22-23-20(26)12-21-18-8-4-6-14-5-2-3-7-17(14)18/h2-11,21,24-25H,12H2,1H3,(H,23,26)/b22-13-. The largest absolute Gasteiger partial charge is 0.508 e. The molecular weight excluding hydrogens is 330 g/mol. The Labute approximate surface area is 150 Å². The fourth-order valence-corrected chi connectivity index (χ4v) is 2.63. The Kier molecular flexibility index (Phi) is 5.03. The van der Waals surface area contributed by atoms with E-state index >= 15 is 0 Å². The molecule has 0 atom stereocenters. The number of amides is 1. The number of hydrogen-bond acceptors (Lipinski definition) is 5. The molecular formula is C20H19N3O3. The Bertz CT molecular complexity index is 978. The minimum absolute atomic E-state index is 0.0395. The van der Waals surface area contributed by atoms with Crippen LogP contribution in [-0.4, -0.2) is 28.4 Å². The van der Waals surface area contributed by atoms with Crippen LogP contribution in [0.5, 0.6) is 11.5 Å². The Morgan fingerprint density at radius 2 is 1.81 bits per heavy atom. The summed E-state index contributed by atoms with van der Waals surface area (Å²) in [4.78, 5) is 12.0. The van der Waals surface area contributed by atoms with Gasteiger partial charge in [0.05, 0.1) is 12.3 Å². The van der Waals surface area contributed by atoms with Gasteiger partial charge in [-0.05, 0) is 30.5 Å². The summed E-state index contributed by atoms with van der Waals surface area (Å²) in [7, 11) is 0. The van der Waals surface area contributed by atoms with Gasteiger partial charge in [-0.3, -0.25) is 4.79 Å². The van der Waals surface area contributed by atoms with Crippen molar-refractivity contribution >= 4 is 28.1 Å². The number of fused-ring (bicyclic) bond motifs is 1. The molecule has 0 aliphatic carbocycles. The van der Waals surface area contributed by atoms with Gasteiger partial charge in [0.15, 0.2) is 0 Å². The van der Waals surface area contributed by atoms with Crippen molar-refractivity contribution < 1.29 is 15.0 Å². The van der Waals surface area contributed by atoms with E-state index in [0.29, 0.717) is 11.3 Å². The fraction of sp³-hybridized carbons (Fsp3) is 0.100. The maximum absolute atomic E-state index is 12.0. The second-order valence-corrected chi connectivity index (χ2v) is 5.81. The molecule has 3 aromatic rings. The van der Waals surface area contributed by atoms with Gasteiger partial charge >= 0.3 is 0 Å². The van der Waals surface area contributed by atoms with E-state index in [1.165, 1.54) is 18.2 Å². The molecule has 0 fully saturated rings. The van der Waals surface area contributed by atoms with Crippen molar-refractivity contribution in [1.82, 2.24) is 5.43 Å². The maximum Gasteiger partial charge on any atom is 0.259 e. The maximum atomic E-state index is 12.0. The number of hydrogen-bond donors (Lipinski definition) is 4. The SMILES string of the molecule is C/C(=N/NC(=O)CNc1cccc2ccccc12)c1ccc(O)cc1O. The highest BCUT2D eigenvalue weighted by Gasteiger charge is 2.07. The van der Waals surface area contributed by atoms with Crippen LogP contribution in [0.4, 0.5) is 5.69 Å². The molecule has 0 unspecified atom stereocenters. The van der Waals surface area contributed by atoms with Crippen LogP contribution in [0.2, 0.25) is 0 Å². The molecule has 4 N–H and O–H groups in total. The van der Waals surface area contributed by atoms with E-state index in [4.69, 9.17) is 0 Å². The molecule has 0 aliphatic rings. The number of carbonyl (C=O) groups excluding carboxylic acids is 1. The van der Waals surface area contributed by atoms with Gasteiger partial charge in [0.25, 0.3) is 5.91 Å². The first-order valence-corrected chi connectivity index (χ1v) is 8.12. The molecule has 0 aromatic heterocycles. The average molecular weight is 349 g/mol. The predicted octanol–water partition coefficient (Wildman–Crippen LogP) is 3.20. The highest BCUT2D eigenvalue weighted by Crippen LogP contribution is 2.23. The number of nitrogens with zero attached hydrogens (tertiary/aromatic N) is 1. The van der Waals surface area contributed by atoms with Crippen LogP contribution in [0.25, 0.3) is 10.8 Å². The van der Waals surface area contributed by atoms with E-state index in [-0.39, 0.29) is 24.0 Å². The van der Waals surface area contributed by atoms with Gasteiger partial charge in [0, 0.05) is 22.7 Å². The smallest absolute Gasteiger partial charge is 0.259 e. The van der Waals surface area contributed by atoms with E-state index in [2.05, 4.69) is 15.8 Å². The number of rotatable bonds is 5. The quantitative estimate of drug-likeness (QED) is 0.420. The lowest BCUT2D eigenvalue weighted by molar-refractivity contribution is -0.119. The highest BCUT2D eigenvalue weighted by atomic mass is 16.3. The minimum atomic E-state index is -0.310. The molecule has 0 heterocycles. The van der Waals surface area contributed by atoms with Crippen molar-refractivity contribution in [2.75, 3.05) is 11.9 Å². The number of carbonyl (C=O) groups is 1. The monoisotopic (exact) mass is 349 g/mol. The van der Waals surface area contributed by atoms with Crippen molar-refractivity contribution in [1.29, 1.82) is 0 Å². The molecule has 6 heteroatoms. The molecule has 0 saturated heterocycles. The van der Waals surface area contributed by atoms with Gasteiger partial charge in [0.1, 0.15) is 11.5 Å². The van der Waals surface area contributed by atoms with Gasteiger partial charge in [0.2, 0.25) is 0 Å². The number of phenolic OH excluding ortho intramolecular Hbond substituents is 2. The summed E-state index contributed by atoms with van der Waals surface area (Å²) in [6, 6.07) is 18.0. The molecule has 3 aromatic carbocycles. The Morgan fingerprint density at radius 1 is 1.04 bits per heavy atom. The summed E-state index contributed by atoms with van der Waals surface area (Å²) in [5, 5.41) is 28.4. The van der Waals surface area contributed by atoms with Crippen LogP contribution in [0.1, 0.15) is 12.5 Å². The van der Waals surface area contributed by atoms with Gasteiger partial charge in [-0.15, -0.1) is 0 Å². The van der Waals surface area contributed by atoms with E-state index in [1.807, 2.05) is 42.5 Å². The molecule has 0 bridgehead atoms. The van der Waals surface area contributed by atoms with E-state index < -0.39 is 0 Å². The molecule has 1 amide bonds. The van der Waals surface area contributed by atoms with E-state index in [1.54, 1.807) is 6.92 Å². The van der Waals surface area contributed by atoms with Crippen molar-refractivity contribution in [3.05, 3.63) is 66.2 Å². The van der Waals surface area contributed by atoms with Crippen molar-refractivity contribution in [2.24, 2.45) is 5.10 Å². The fourth-order valence-electron chi connectivity index (χ4n) is 2.63. The summed E-state index contributed by atoms with van der Waals surface area (Å²) >= 11 is 0. The topological polar surface area (TPSA) is 94.0 Å². The number of aromatic hydroxyl groups is 2. The molecule has 132 valence electrons. The summed E-state index contributed by atoms with van der Waals surface area (Å²) in [5.41, 5.74) is 4.19. The number of phenols is 2. The third kappa shape index (κ3) is 3.92. The molecule has 0 aliphatic heterocycles. The van der Waals surface area contributed by atoms with Gasteiger partial charge in [-0.1, -0.05) is 36.4 Å². The first-order chi connectivity index (χ1) is 12.5. The van der Waals surface area contributed by atoms with Crippen molar-refractivity contribution in [2.45, 2.75) is 6.92 Å². The van der Waals surface area contributed by atoms with Crippen LogP contribution in [0, 0.1) is 0 Å². The van der Waals surface area contributed by atoms with Crippen LogP contribution in [0.15, 0.2) is 65.8 Å². The summed E-state index contributed by atoms with van der Waals surface area (Å²) in [6.07, 6.45) is 0. The number of benzene rings is 3. The lowest BCUT2D eigenvalue weighted by Gasteiger charge is -2.09. The summed E-state index contributed by atoms with van der Waals surface area (Å²) < 4.78 is 0. The van der Waals surface area contributed by atoms with Crippen molar-refractivity contribution in [3.63, 3.8) is 0 Å². The Morgan fingerprint density at radius 3 is 2.62 bits per heavy atom. The average Bonchev–Trinajstić information content (AvgIpc) is 2.64. The van der Waals surface area contributed by atoms with Crippen LogP contribution < -0.4 is 10.7 Å². The highest BCUT2D eigenvalue weighted by molar-refractivity contribution is 6.02. The zero-order valence-electron chi connectivity index (χ0n) is 14.2. The lowest BCUT2D eigenvalue weighted by atomic mass is 10.1. The third-order valence-electron chi connectivity index (χ3n) is 3.95. The zero-order valence-corrected chi connectivity index (χ0v) is 14.2. The zero-order chi connectivity index (χ0) is 18.5. The second-order valence-electron chi connectivity index (χ2n) is 5.81. The summed E-state index contributed by atoms with van der Waals surface area (Å²) in [6.45, 7) is 1.72. The minimum Gasteiger partial charge on any atom is -0.508 e. The third-order valence-corrected chi connectivity index (χ3v) is 3.95. The van der Waals surface area contributed by atoms with Gasteiger partial charge < -0.3 is 15.5 Å². The van der Waals surface area contributed by atoms with E-state index in [0.717, 1.165) is 16.5 Å². The van der Waals surface area contributed by atoms with Gasteiger partial charge in [-0.2, -0.15) is 5.10 Å². The van der Waals surface area contributed by atoms with Gasteiger partial charge in [-0.25, -0.2) is 5.43 Å². The first kappa shape index (κ1) is 17.3. The van der Waals surface area contributed by atoms with E-state index in [9.17, 15) is 15.0 Å². The lowest BCUT2D eigenvalue weighted by Crippen LogP contribution is -2.26. The molecule has 0 spiro atoms. The second kappa shape index (κ2) is 7.57. The number of anilines is 1. The van der Waals surface area contributed by atoms with Crippen LogP contribution in [-0.2, 0) is 4.79 Å². The van der Waals surface area contributed by atoms with Crippen LogP contribution >= 0.6 is 0 Å². The molecule has 26 heavy (non-hydrogen) atoms. The summed E-state index contributed by atoms with van der Waals surface area (Å²) in [5.74, 6) is -0.452. The number of hydrazone groups is 1. The Hall–Kier alpha value is -3.54. The molecule has 0 saturated carbocycles. The number of nitrogens with one attached hydrogen (secondary N) is 2.